The van der Waals surface area contributed by atoms with Crippen LogP contribution >= 0.6 is 0 Å². The molecule has 1 saturated carbocycles. The summed E-state index contributed by atoms with van der Waals surface area (Å²) in [5.41, 5.74) is 0. The van der Waals surface area contributed by atoms with Gasteiger partial charge in [0.15, 0.2) is 0 Å². The number of rotatable bonds is 5. The molecule has 5 unspecified atom stereocenters. The first kappa shape index (κ1) is 15.5. The maximum Gasteiger partial charge on any atom is 0.323 e. The van der Waals surface area contributed by atoms with Gasteiger partial charge in [0.2, 0.25) is 0 Å². The highest BCUT2D eigenvalue weighted by Crippen LogP contribution is 2.30. The van der Waals surface area contributed by atoms with E-state index in [1.165, 1.54) is 26.4 Å². The van der Waals surface area contributed by atoms with Crippen LogP contribution in [0.5, 0.6) is 0 Å². The Kier molecular flexibility index (Phi) is 6.13. The number of hydrogen-bond donors (Lipinski definition) is 1. The molecule has 1 rings (SSSR count). The van der Waals surface area contributed by atoms with Gasteiger partial charge in [0.1, 0.15) is 6.04 Å². The van der Waals surface area contributed by atoms with Crippen LogP contribution in [0.3, 0.4) is 0 Å². The predicted molar refractivity (Wildman–Crippen MR) is 74.4 cm³/mol. The Morgan fingerprint density at radius 1 is 1.33 bits per heavy atom. The third-order valence-electron chi connectivity index (χ3n) is 4.68. The number of methoxy groups -OCH3 is 1. The monoisotopic (exact) mass is 255 g/mol. The summed E-state index contributed by atoms with van der Waals surface area (Å²) in [5.74, 6) is 1.76. The standard InChI is InChI=1S/C15H29NO2/c1-6-10(2)14(15(17)18-5)16-13-8-7-11(3)12(4)9-13/h10-14,16H,6-9H2,1-5H3. The van der Waals surface area contributed by atoms with Crippen LogP contribution in [-0.4, -0.2) is 25.2 Å². The van der Waals surface area contributed by atoms with Gasteiger partial charge in [-0.05, 0) is 37.0 Å². The normalized spacial score (nSPS) is 31.7. The molecule has 0 saturated heterocycles. The van der Waals surface area contributed by atoms with Crippen molar-refractivity contribution in [1.29, 1.82) is 0 Å². The Morgan fingerprint density at radius 2 is 2.00 bits per heavy atom. The van der Waals surface area contributed by atoms with E-state index in [1.54, 1.807) is 0 Å². The van der Waals surface area contributed by atoms with E-state index < -0.39 is 0 Å². The average Bonchev–Trinajstić information content (AvgIpc) is 2.38. The van der Waals surface area contributed by atoms with Gasteiger partial charge in [-0.2, -0.15) is 0 Å². The smallest absolute Gasteiger partial charge is 0.323 e. The van der Waals surface area contributed by atoms with Crippen molar-refractivity contribution in [3.8, 4) is 0 Å². The molecule has 1 fully saturated rings. The second-order valence-electron chi connectivity index (χ2n) is 6.02. The maximum absolute atomic E-state index is 11.8. The predicted octanol–water partition coefficient (Wildman–Crippen LogP) is 2.99. The summed E-state index contributed by atoms with van der Waals surface area (Å²) >= 11 is 0. The first-order valence-corrected chi connectivity index (χ1v) is 7.33. The van der Waals surface area contributed by atoms with Crippen LogP contribution in [0.4, 0.5) is 0 Å². The molecule has 5 atom stereocenters. The molecule has 0 aromatic rings. The summed E-state index contributed by atoms with van der Waals surface area (Å²) in [7, 11) is 1.48. The maximum atomic E-state index is 11.8. The first-order chi connectivity index (χ1) is 8.49. The quantitative estimate of drug-likeness (QED) is 0.768. The van der Waals surface area contributed by atoms with Crippen LogP contribution in [0, 0.1) is 17.8 Å². The number of nitrogens with one attached hydrogen (secondary N) is 1. The van der Waals surface area contributed by atoms with E-state index in [-0.39, 0.29) is 12.0 Å². The van der Waals surface area contributed by atoms with E-state index in [1.807, 2.05) is 0 Å². The Labute approximate surface area is 112 Å². The van der Waals surface area contributed by atoms with Crippen LogP contribution in [0.25, 0.3) is 0 Å². The molecule has 106 valence electrons. The lowest BCUT2D eigenvalue weighted by atomic mass is 9.78. The van der Waals surface area contributed by atoms with E-state index in [4.69, 9.17) is 4.74 Å². The van der Waals surface area contributed by atoms with Gasteiger partial charge in [0.25, 0.3) is 0 Å². The Bertz CT molecular complexity index is 267. The lowest BCUT2D eigenvalue weighted by Crippen LogP contribution is -2.49. The van der Waals surface area contributed by atoms with Gasteiger partial charge in [-0.25, -0.2) is 0 Å². The summed E-state index contributed by atoms with van der Waals surface area (Å²) in [5, 5.41) is 3.53. The van der Waals surface area contributed by atoms with E-state index in [0.29, 0.717) is 12.0 Å². The third-order valence-corrected chi connectivity index (χ3v) is 4.68. The molecule has 0 amide bonds. The van der Waals surface area contributed by atoms with Crippen molar-refractivity contribution >= 4 is 5.97 Å². The summed E-state index contributed by atoms with van der Waals surface area (Å²) in [4.78, 5) is 11.8. The number of esters is 1. The van der Waals surface area contributed by atoms with Gasteiger partial charge in [0.05, 0.1) is 7.11 Å². The molecule has 0 aromatic carbocycles. The molecule has 0 aromatic heterocycles. The van der Waals surface area contributed by atoms with Gasteiger partial charge >= 0.3 is 5.97 Å². The fourth-order valence-electron chi connectivity index (χ4n) is 2.78. The molecule has 18 heavy (non-hydrogen) atoms. The van der Waals surface area contributed by atoms with Crippen LogP contribution < -0.4 is 5.32 Å². The van der Waals surface area contributed by atoms with Crippen LogP contribution in [0.15, 0.2) is 0 Å². The molecule has 0 heterocycles. The van der Waals surface area contributed by atoms with Crippen molar-refractivity contribution < 1.29 is 9.53 Å². The molecule has 1 N–H and O–H groups in total. The zero-order chi connectivity index (χ0) is 13.7. The van der Waals surface area contributed by atoms with E-state index in [0.717, 1.165) is 18.3 Å². The van der Waals surface area contributed by atoms with Crippen molar-refractivity contribution in [2.75, 3.05) is 7.11 Å². The lowest BCUT2D eigenvalue weighted by Gasteiger charge is -2.35. The summed E-state index contributed by atoms with van der Waals surface area (Å²) in [6.45, 7) is 8.87. The van der Waals surface area contributed by atoms with Gasteiger partial charge < -0.3 is 10.1 Å². The van der Waals surface area contributed by atoms with E-state index in [2.05, 4.69) is 33.0 Å². The molecular formula is C15H29NO2. The van der Waals surface area contributed by atoms with Crippen LogP contribution in [-0.2, 0) is 9.53 Å². The summed E-state index contributed by atoms with van der Waals surface area (Å²) in [6, 6.07) is 0.319. The third kappa shape index (κ3) is 3.98. The van der Waals surface area contributed by atoms with Crippen LogP contribution in [0.1, 0.15) is 53.4 Å². The molecule has 0 bridgehead atoms. The van der Waals surface area contributed by atoms with Crippen molar-refractivity contribution in [2.45, 2.75) is 65.5 Å². The minimum atomic E-state index is -0.148. The second-order valence-corrected chi connectivity index (χ2v) is 6.02. The highest BCUT2D eigenvalue weighted by atomic mass is 16.5. The fraction of sp³-hybridized carbons (Fsp3) is 0.933. The zero-order valence-electron chi connectivity index (χ0n) is 12.5. The molecule has 0 aliphatic heterocycles. The first-order valence-electron chi connectivity index (χ1n) is 7.33. The lowest BCUT2D eigenvalue weighted by molar-refractivity contribution is -0.145. The van der Waals surface area contributed by atoms with Gasteiger partial charge in [-0.15, -0.1) is 0 Å². The largest absolute Gasteiger partial charge is 0.468 e. The topological polar surface area (TPSA) is 38.3 Å². The molecule has 3 nitrogen and oxygen atoms in total. The van der Waals surface area contributed by atoms with Crippen molar-refractivity contribution in [2.24, 2.45) is 17.8 Å². The fourth-order valence-corrected chi connectivity index (χ4v) is 2.78. The molecule has 0 radical (unpaired) electrons. The number of hydrogen-bond acceptors (Lipinski definition) is 3. The summed E-state index contributed by atoms with van der Waals surface area (Å²) in [6.07, 6.45) is 4.60. The van der Waals surface area contributed by atoms with Crippen molar-refractivity contribution in [3.05, 3.63) is 0 Å². The molecule has 0 spiro atoms. The van der Waals surface area contributed by atoms with Gasteiger partial charge in [-0.3, -0.25) is 4.79 Å². The molecule has 3 heteroatoms. The highest BCUT2D eigenvalue weighted by Gasteiger charge is 2.31. The average molecular weight is 255 g/mol. The van der Waals surface area contributed by atoms with Gasteiger partial charge in [0, 0.05) is 6.04 Å². The SMILES string of the molecule is CCC(C)C(NC1CCC(C)C(C)C1)C(=O)OC. The Balaban J connectivity index is 2.58. The van der Waals surface area contributed by atoms with Crippen LogP contribution in [0.2, 0.25) is 0 Å². The highest BCUT2D eigenvalue weighted by molar-refractivity contribution is 5.76. The number of carbonyl (C=O) groups excluding carboxylic acids is 1. The van der Waals surface area contributed by atoms with E-state index in [9.17, 15) is 4.79 Å². The van der Waals surface area contributed by atoms with Crippen molar-refractivity contribution in [3.63, 3.8) is 0 Å². The van der Waals surface area contributed by atoms with Crippen molar-refractivity contribution in [1.82, 2.24) is 5.32 Å². The molecule has 1 aliphatic rings. The number of ether oxygens (including phenoxy) is 1. The molecular weight excluding hydrogens is 226 g/mol. The minimum Gasteiger partial charge on any atom is -0.468 e. The second kappa shape index (κ2) is 7.13. The zero-order valence-corrected chi connectivity index (χ0v) is 12.5. The number of carbonyl (C=O) groups is 1. The summed E-state index contributed by atoms with van der Waals surface area (Å²) < 4.78 is 4.92. The van der Waals surface area contributed by atoms with E-state index >= 15 is 0 Å². The van der Waals surface area contributed by atoms with Gasteiger partial charge in [-0.1, -0.05) is 34.1 Å². The minimum absolute atomic E-state index is 0.115. The Hall–Kier alpha value is -0.570. The molecule has 1 aliphatic carbocycles. The Morgan fingerprint density at radius 3 is 2.50 bits per heavy atom.